The van der Waals surface area contributed by atoms with Crippen molar-refractivity contribution in [1.82, 2.24) is 15.2 Å². The van der Waals surface area contributed by atoms with Gasteiger partial charge in [-0.1, -0.05) is 32.0 Å². The van der Waals surface area contributed by atoms with Crippen molar-refractivity contribution in [3.8, 4) is 22.8 Å². The fourth-order valence-corrected chi connectivity index (χ4v) is 3.93. The van der Waals surface area contributed by atoms with Crippen LogP contribution in [0.5, 0.6) is 11.5 Å². The maximum atomic E-state index is 13.6. The zero-order valence-electron chi connectivity index (χ0n) is 21.4. The Kier molecular flexibility index (Phi) is 9.32. The predicted molar refractivity (Wildman–Crippen MR) is 141 cm³/mol. The molecule has 2 aromatic carbocycles. The highest BCUT2D eigenvalue weighted by Gasteiger charge is 2.16. The smallest absolute Gasteiger partial charge is 0.259 e. The Morgan fingerprint density at radius 2 is 1.86 bits per heavy atom. The molecule has 0 saturated heterocycles. The van der Waals surface area contributed by atoms with Crippen LogP contribution in [0.15, 0.2) is 53.3 Å². The van der Waals surface area contributed by atoms with Crippen molar-refractivity contribution in [1.29, 1.82) is 0 Å². The second-order valence-corrected chi connectivity index (χ2v) is 9.24. The zero-order valence-corrected chi connectivity index (χ0v) is 21.4. The number of pyridine rings is 1. The molecule has 3 rings (SSSR count). The molecule has 7 heteroatoms. The van der Waals surface area contributed by atoms with Gasteiger partial charge in [0.15, 0.2) is 0 Å². The van der Waals surface area contributed by atoms with Crippen LogP contribution in [0.2, 0.25) is 0 Å². The number of aromatic nitrogens is 1. The van der Waals surface area contributed by atoms with Crippen LogP contribution in [0.3, 0.4) is 0 Å². The normalized spacial score (nSPS) is 12.1. The first-order valence-electron chi connectivity index (χ1n) is 12.3. The summed E-state index contributed by atoms with van der Waals surface area (Å²) in [6.45, 7) is 10.4. The lowest BCUT2D eigenvalue weighted by Gasteiger charge is -2.17. The molecule has 3 aromatic rings. The molecule has 1 unspecified atom stereocenters. The number of amides is 1. The van der Waals surface area contributed by atoms with Gasteiger partial charge in [-0.05, 0) is 62.5 Å². The molecule has 0 bridgehead atoms. The number of carbonyl (C=O) groups excluding carboxylic acids is 1. The van der Waals surface area contributed by atoms with Gasteiger partial charge >= 0.3 is 0 Å². The molecular weight excluding hydrogens is 442 g/mol. The van der Waals surface area contributed by atoms with Crippen LogP contribution in [0.1, 0.15) is 34.1 Å². The quantitative estimate of drug-likeness (QED) is 0.380. The number of hydrogen-bond donors (Lipinski definition) is 2. The summed E-state index contributed by atoms with van der Waals surface area (Å²) in [5.41, 5.74) is 1.22. The van der Waals surface area contributed by atoms with Gasteiger partial charge in [0.25, 0.3) is 5.56 Å². The first-order chi connectivity index (χ1) is 16.8. The number of hydrogen-bond acceptors (Lipinski definition) is 5. The van der Waals surface area contributed by atoms with E-state index in [4.69, 9.17) is 9.47 Å². The second-order valence-electron chi connectivity index (χ2n) is 9.24. The van der Waals surface area contributed by atoms with Gasteiger partial charge in [0, 0.05) is 24.1 Å². The maximum Gasteiger partial charge on any atom is 0.259 e. The van der Waals surface area contributed by atoms with Crippen molar-refractivity contribution in [3.05, 3.63) is 58.9 Å². The third kappa shape index (κ3) is 7.09. The summed E-state index contributed by atoms with van der Waals surface area (Å²) >= 11 is 0. The highest BCUT2D eigenvalue weighted by Crippen LogP contribution is 2.27. The topological polar surface area (TPSA) is 81.6 Å². The summed E-state index contributed by atoms with van der Waals surface area (Å²) in [7, 11) is 1.60. The number of fused-ring (bicyclic) bond motifs is 1. The Balaban J connectivity index is 1.98. The maximum absolute atomic E-state index is 13.6. The molecule has 0 aliphatic rings. The number of methoxy groups -OCH3 is 1. The third-order valence-corrected chi connectivity index (χ3v) is 5.65. The molecule has 35 heavy (non-hydrogen) atoms. The largest absolute Gasteiger partial charge is 0.497 e. The molecule has 0 fully saturated rings. The molecule has 0 spiro atoms. The highest BCUT2D eigenvalue weighted by atomic mass is 16.5. The standard InChI is InChI=1S/C28H37N3O4/c1-6-12-29-16-20(4)18-35-24-11-10-21-14-26(22-8-7-9-23(13-22)34-5)31(28(33)25(21)15-24)17-27(32)30-19(2)3/h7-11,13-15,19-20,29H,6,12,16-18H2,1-5H3,(H,30,32). The van der Waals surface area contributed by atoms with Crippen LogP contribution in [-0.2, 0) is 11.3 Å². The summed E-state index contributed by atoms with van der Waals surface area (Å²) < 4.78 is 12.9. The molecule has 1 atom stereocenters. The number of benzene rings is 2. The highest BCUT2D eigenvalue weighted by molar-refractivity contribution is 5.87. The first-order valence-corrected chi connectivity index (χ1v) is 12.3. The zero-order chi connectivity index (χ0) is 25.4. The van der Waals surface area contributed by atoms with Crippen LogP contribution >= 0.6 is 0 Å². The minimum atomic E-state index is -0.234. The summed E-state index contributed by atoms with van der Waals surface area (Å²) in [4.78, 5) is 26.3. The van der Waals surface area contributed by atoms with Crippen LogP contribution in [0.4, 0.5) is 0 Å². The van der Waals surface area contributed by atoms with Crippen molar-refractivity contribution in [2.45, 2.75) is 46.7 Å². The predicted octanol–water partition coefficient (Wildman–Crippen LogP) is 4.22. The Bertz CT molecular complexity index is 1200. The molecule has 0 saturated carbocycles. The Labute approximate surface area is 207 Å². The van der Waals surface area contributed by atoms with E-state index in [1.165, 1.54) is 4.57 Å². The van der Waals surface area contributed by atoms with Gasteiger partial charge in [0.1, 0.15) is 18.0 Å². The molecule has 7 nitrogen and oxygen atoms in total. The van der Waals surface area contributed by atoms with Gasteiger partial charge in [-0.2, -0.15) is 0 Å². The van der Waals surface area contributed by atoms with Crippen LogP contribution in [0.25, 0.3) is 22.0 Å². The number of ether oxygens (including phenoxy) is 2. The molecule has 1 aromatic heterocycles. The van der Waals surface area contributed by atoms with E-state index in [1.54, 1.807) is 13.2 Å². The summed E-state index contributed by atoms with van der Waals surface area (Å²) in [6.07, 6.45) is 1.09. The van der Waals surface area contributed by atoms with E-state index >= 15 is 0 Å². The Morgan fingerprint density at radius 1 is 1.06 bits per heavy atom. The summed E-state index contributed by atoms with van der Waals surface area (Å²) in [5, 5.41) is 7.58. The molecule has 1 amide bonds. The first kappa shape index (κ1) is 26.3. The minimum absolute atomic E-state index is 0.0206. The Morgan fingerprint density at radius 3 is 2.57 bits per heavy atom. The van der Waals surface area contributed by atoms with E-state index in [1.807, 2.05) is 56.3 Å². The van der Waals surface area contributed by atoms with E-state index in [0.29, 0.717) is 35.1 Å². The van der Waals surface area contributed by atoms with Gasteiger partial charge in [-0.25, -0.2) is 0 Å². The fourth-order valence-electron chi connectivity index (χ4n) is 3.93. The lowest BCUT2D eigenvalue weighted by molar-refractivity contribution is -0.122. The van der Waals surface area contributed by atoms with Crippen LogP contribution in [0, 0.1) is 5.92 Å². The molecule has 2 N–H and O–H groups in total. The number of nitrogens with one attached hydrogen (secondary N) is 2. The van der Waals surface area contributed by atoms with Gasteiger partial charge < -0.3 is 20.1 Å². The van der Waals surface area contributed by atoms with E-state index in [0.717, 1.165) is 30.5 Å². The molecule has 1 heterocycles. The average molecular weight is 480 g/mol. The van der Waals surface area contributed by atoms with Gasteiger partial charge in [0.05, 0.1) is 24.8 Å². The van der Waals surface area contributed by atoms with Crippen molar-refractivity contribution >= 4 is 16.7 Å². The second kappa shape index (κ2) is 12.4. The average Bonchev–Trinajstić information content (AvgIpc) is 2.84. The summed E-state index contributed by atoms with van der Waals surface area (Å²) in [6, 6.07) is 15.0. The van der Waals surface area contributed by atoms with E-state index in [2.05, 4.69) is 24.5 Å². The third-order valence-electron chi connectivity index (χ3n) is 5.65. The van der Waals surface area contributed by atoms with E-state index in [-0.39, 0.29) is 24.1 Å². The van der Waals surface area contributed by atoms with Gasteiger partial charge in [-0.15, -0.1) is 0 Å². The van der Waals surface area contributed by atoms with Crippen LogP contribution < -0.4 is 25.7 Å². The molecule has 188 valence electrons. The molecule has 0 radical (unpaired) electrons. The lowest BCUT2D eigenvalue weighted by atomic mass is 10.1. The SMILES string of the molecule is CCCNCC(C)COc1ccc2cc(-c3cccc(OC)c3)n(CC(=O)NC(C)C)c(=O)c2c1. The van der Waals surface area contributed by atoms with Gasteiger partial charge in [-0.3, -0.25) is 14.2 Å². The minimum Gasteiger partial charge on any atom is -0.497 e. The van der Waals surface area contributed by atoms with E-state index < -0.39 is 0 Å². The van der Waals surface area contributed by atoms with E-state index in [9.17, 15) is 9.59 Å². The van der Waals surface area contributed by atoms with Crippen molar-refractivity contribution < 1.29 is 14.3 Å². The molecule has 0 aliphatic carbocycles. The fraction of sp³-hybridized carbons (Fsp3) is 0.429. The Hall–Kier alpha value is -3.32. The lowest BCUT2D eigenvalue weighted by Crippen LogP contribution is -2.36. The van der Waals surface area contributed by atoms with Crippen molar-refractivity contribution in [2.75, 3.05) is 26.8 Å². The monoisotopic (exact) mass is 479 g/mol. The van der Waals surface area contributed by atoms with Crippen molar-refractivity contribution in [3.63, 3.8) is 0 Å². The molecule has 0 aliphatic heterocycles. The number of nitrogens with zero attached hydrogens (tertiary/aromatic N) is 1. The van der Waals surface area contributed by atoms with Crippen molar-refractivity contribution in [2.24, 2.45) is 5.92 Å². The number of carbonyl (C=O) groups is 1. The van der Waals surface area contributed by atoms with Crippen LogP contribution in [-0.4, -0.2) is 43.3 Å². The summed E-state index contributed by atoms with van der Waals surface area (Å²) in [5.74, 6) is 1.44. The van der Waals surface area contributed by atoms with Gasteiger partial charge in [0.2, 0.25) is 5.91 Å². The molecular formula is C28H37N3O4. The number of rotatable bonds is 12.